The predicted molar refractivity (Wildman–Crippen MR) is 105 cm³/mol. The summed E-state index contributed by atoms with van der Waals surface area (Å²) in [5.41, 5.74) is 5.65. The van der Waals surface area contributed by atoms with Crippen LogP contribution in [0.3, 0.4) is 0 Å². The minimum atomic E-state index is 0.321. The number of amides is 1. The summed E-state index contributed by atoms with van der Waals surface area (Å²) in [6.45, 7) is 12.9. The van der Waals surface area contributed by atoms with Crippen molar-refractivity contribution in [3.63, 3.8) is 0 Å². The molecule has 2 fully saturated rings. The number of piperidine rings is 1. The molecule has 0 atom stereocenters. The van der Waals surface area contributed by atoms with E-state index in [9.17, 15) is 4.79 Å². The maximum atomic E-state index is 12.3. The summed E-state index contributed by atoms with van der Waals surface area (Å²) in [5.74, 6) is 1.03. The number of nitrogens with zero attached hydrogens (tertiary/aromatic N) is 2. The highest BCUT2D eigenvalue weighted by Crippen LogP contribution is 2.25. The highest BCUT2D eigenvalue weighted by molar-refractivity contribution is 5.76. The van der Waals surface area contributed by atoms with Crippen molar-refractivity contribution in [1.82, 2.24) is 9.80 Å². The summed E-state index contributed by atoms with van der Waals surface area (Å²) >= 11 is 0. The van der Waals surface area contributed by atoms with Gasteiger partial charge in [0.05, 0.1) is 13.2 Å². The topological polar surface area (TPSA) is 32.8 Å². The van der Waals surface area contributed by atoms with E-state index in [1.54, 1.807) is 0 Å². The third kappa shape index (κ3) is 5.08. The molecule has 2 saturated heterocycles. The van der Waals surface area contributed by atoms with E-state index in [4.69, 9.17) is 4.74 Å². The van der Waals surface area contributed by atoms with Gasteiger partial charge in [-0.3, -0.25) is 9.69 Å². The minimum Gasteiger partial charge on any atom is -0.378 e. The second-order valence-corrected chi connectivity index (χ2v) is 8.11. The third-order valence-corrected chi connectivity index (χ3v) is 6.18. The van der Waals surface area contributed by atoms with Gasteiger partial charge in [-0.15, -0.1) is 0 Å². The number of hydrogen-bond donors (Lipinski definition) is 0. The largest absolute Gasteiger partial charge is 0.378 e. The van der Waals surface area contributed by atoms with Gasteiger partial charge < -0.3 is 9.64 Å². The van der Waals surface area contributed by atoms with Crippen LogP contribution in [-0.4, -0.2) is 55.1 Å². The SMILES string of the molecule is Cc1cc(C)c(CN2CCC(CCC(=O)N3CCOCC3)CC2)cc1C. The average molecular weight is 359 g/mol. The number of hydrogen-bond acceptors (Lipinski definition) is 3. The van der Waals surface area contributed by atoms with Crippen molar-refractivity contribution in [3.05, 3.63) is 34.4 Å². The Hall–Kier alpha value is -1.39. The molecule has 1 aromatic rings. The van der Waals surface area contributed by atoms with Gasteiger partial charge in [0.1, 0.15) is 0 Å². The van der Waals surface area contributed by atoms with Gasteiger partial charge in [0.25, 0.3) is 0 Å². The summed E-state index contributed by atoms with van der Waals surface area (Å²) in [7, 11) is 0. The first-order chi connectivity index (χ1) is 12.5. The molecule has 26 heavy (non-hydrogen) atoms. The van der Waals surface area contributed by atoms with Gasteiger partial charge in [-0.1, -0.05) is 12.1 Å². The fourth-order valence-electron chi connectivity index (χ4n) is 4.16. The van der Waals surface area contributed by atoms with Crippen LogP contribution < -0.4 is 0 Å². The molecule has 4 nitrogen and oxygen atoms in total. The number of rotatable bonds is 5. The van der Waals surface area contributed by atoms with Gasteiger partial charge in [-0.2, -0.15) is 0 Å². The molecule has 0 aliphatic carbocycles. The van der Waals surface area contributed by atoms with E-state index in [0.29, 0.717) is 31.5 Å². The molecule has 2 heterocycles. The molecule has 3 rings (SSSR count). The zero-order valence-corrected chi connectivity index (χ0v) is 16.7. The van der Waals surface area contributed by atoms with Crippen molar-refractivity contribution < 1.29 is 9.53 Å². The van der Waals surface area contributed by atoms with Gasteiger partial charge in [-0.05, 0) is 81.3 Å². The first-order valence-corrected chi connectivity index (χ1v) is 10.2. The standard InChI is InChI=1S/C22H34N2O2/c1-17-14-19(3)21(15-18(17)2)16-23-8-6-20(7-9-23)4-5-22(25)24-10-12-26-13-11-24/h14-15,20H,4-13,16H2,1-3H3. The van der Waals surface area contributed by atoms with E-state index in [2.05, 4.69) is 37.8 Å². The Balaban J connectivity index is 1.41. The van der Waals surface area contributed by atoms with Gasteiger partial charge in [0, 0.05) is 26.1 Å². The van der Waals surface area contributed by atoms with Gasteiger partial charge >= 0.3 is 0 Å². The average Bonchev–Trinajstić information content (AvgIpc) is 2.66. The van der Waals surface area contributed by atoms with Crippen LogP contribution in [0.2, 0.25) is 0 Å². The molecule has 0 bridgehead atoms. The van der Waals surface area contributed by atoms with Crippen molar-refractivity contribution in [3.8, 4) is 0 Å². The molecule has 144 valence electrons. The Labute approximate surface area is 158 Å². The molecule has 1 amide bonds. The Kier molecular flexibility index (Phi) is 6.71. The van der Waals surface area contributed by atoms with Gasteiger partial charge in [0.2, 0.25) is 5.91 Å². The van der Waals surface area contributed by atoms with Gasteiger partial charge in [0.15, 0.2) is 0 Å². The summed E-state index contributed by atoms with van der Waals surface area (Å²) in [5, 5.41) is 0. The van der Waals surface area contributed by atoms with E-state index < -0.39 is 0 Å². The van der Waals surface area contributed by atoms with Crippen LogP contribution in [0.5, 0.6) is 0 Å². The van der Waals surface area contributed by atoms with Crippen LogP contribution in [0.25, 0.3) is 0 Å². The number of carbonyl (C=O) groups is 1. The quantitative estimate of drug-likeness (QED) is 0.808. The first kappa shape index (κ1) is 19.4. The third-order valence-electron chi connectivity index (χ3n) is 6.18. The highest BCUT2D eigenvalue weighted by atomic mass is 16.5. The lowest BCUT2D eigenvalue weighted by Gasteiger charge is -2.33. The van der Waals surface area contributed by atoms with Crippen LogP contribution in [-0.2, 0) is 16.1 Å². The van der Waals surface area contributed by atoms with Crippen LogP contribution in [0, 0.1) is 26.7 Å². The Morgan fingerprint density at radius 3 is 2.35 bits per heavy atom. The number of benzene rings is 1. The van der Waals surface area contributed by atoms with Crippen molar-refractivity contribution in [2.24, 2.45) is 5.92 Å². The number of ether oxygens (including phenoxy) is 1. The smallest absolute Gasteiger partial charge is 0.222 e. The molecule has 0 unspecified atom stereocenters. The van der Waals surface area contributed by atoms with E-state index in [1.807, 2.05) is 4.90 Å². The van der Waals surface area contributed by atoms with E-state index >= 15 is 0 Å². The highest BCUT2D eigenvalue weighted by Gasteiger charge is 2.22. The lowest BCUT2D eigenvalue weighted by Crippen LogP contribution is -2.41. The summed E-state index contributed by atoms with van der Waals surface area (Å²) < 4.78 is 5.33. The molecule has 2 aliphatic rings. The zero-order valence-electron chi connectivity index (χ0n) is 16.7. The molecule has 0 aromatic heterocycles. The fourth-order valence-corrected chi connectivity index (χ4v) is 4.16. The number of likely N-dealkylation sites (tertiary alicyclic amines) is 1. The van der Waals surface area contributed by atoms with Crippen LogP contribution >= 0.6 is 0 Å². The Morgan fingerprint density at radius 2 is 1.65 bits per heavy atom. The number of carbonyl (C=O) groups excluding carboxylic acids is 1. The molecule has 4 heteroatoms. The molecule has 1 aromatic carbocycles. The van der Waals surface area contributed by atoms with Crippen LogP contribution in [0.1, 0.15) is 47.9 Å². The molecule has 0 radical (unpaired) electrons. The van der Waals surface area contributed by atoms with E-state index in [0.717, 1.165) is 39.1 Å². The van der Waals surface area contributed by atoms with Crippen LogP contribution in [0.4, 0.5) is 0 Å². The molecular weight excluding hydrogens is 324 g/mol. The second kappa shape index (κ2) is 9.01. The van der Waals surface area contributed by atoms with Crippen molar-refractivity contribution in [2.75, 3.05) is 39.4 Å². The summed E-state index contributed by atoms with van der Waals surface area (Å²) in [6.07, 6.45) is 4.20. The Morgan fingerprint density at radius 1 is 1.00 bits per heavy atom. The number of aryl methyl sites for hydroxylation is 3. The van der Waals surface area contributed by atoms with Crippen molar-refractivity contribution >= 4 is 5.91 Å². The van der Waals surface area contributed by atoms with E-state index in [-0.39, 0.29) is 0 Å². The molecule has 0 N–H and O–H groups in total. The monoisotopic (exact) mass is 358 g/mol. The maximum Gasteiger partial charge on any atom is 0.222 e. The fraction of sp³-hybridized carbons (Fsp3) is 0.682. The Bertz CT molecular complexity index is 615. The lowest BCUT2D eigenvalue weighted by atomic mass is 9.91. The predicted octanol–water partition coefficient (Wildman–Crippen LogP) is 3.46. The normalized spacial score (nSPS) is 19.7. The first-order valence-electron chi connectivity index (χ1n) is 10.2. The van der Waals surface area contributed by atoms with Crippen molar-refractivity contribution in [2.45, 2.75) is 53.0 Å². The lowest BCUT2D eigenvalue weighted by molar-refractivity contribution is -0.135. The summed E-state index contributed by atoms with van der Waals surface area (Å²) in [6, 6.07) is 4.67. The molecule has 2 aliphatic heterocycles. The van der Waals surface area contributed by atoms with Crippen molar-refractivity contribution in [1.29, 1.82) is 0 Å². The maximum absolute atomic E-state index is 12.3. The number of morpholine rings is 1. The molecular formula is C22H34N2O2. The second-order valence-electron chi connectivity index (χ2n) is 8.11. The van der Waals surface area contributed by atoms with Crippen LogP contribution in [0.15, 0.2) is 12.1 Å². The zero-order chi connectivity index (χ0) is 18.5. The molecule has 0 saturated carbocycles. The minimum absolute atomic E-state index is 0.321. The molecule has 0 spiro atoms. The summed E-state index contributed by atoms with van der Waals surface area (Å²) in [4.78, 5) is 16.9. The van der Waals surface area contributed by atoms with E-state index in [1.165, 1.54) is 35.1 Å². The van der Waals surface area contributed by atoms with Gasteiger partial charge in [-0.25, -0.2) is 0 Å².